The van der Waals surface area contributed by atoms with E-state index < -0.39 is 11.5 Å². The lowest BCUT2D eigenvalue weighted by atomic mass is 9.94. The number of hydrogen-bond donors (Lipinski definition) is 3. The average molecular weight is 273 g/mol. The second kappa shape index (κ2) is 6.02. The van der Waals surface area contributed by atoms with E-state index in [1.54, 1.807) is 0 Å². The van der Waals surface area contributed by atoms with Crippen molar-refractivity contribution in [2.75, 3.05) is 11.9 Å². The second-order valence-corrected chi connectivity index (χ2v) is 4.53. The molecule has 3 N–H and O–H groups in total. The predicted molar refractivity (Wildman–Crippen MR) is 70.2 cm³/mol. The number of nitrogens with one attached hydrogen (secondary N) is 1. The molecule has 1 heterocycles. The molecule has 0 amide bonds. The molecular formula is C12H17ClN2O3. The highest BCUT2D eigenvalue weighted by Gasteiger charge is 2.25. The van der Waals surface area contributed by atoms with Gasteiger partial charge in [-0.15, -0.1) is 0 Å². The number of carboxylic acids is 1. The number of carboxylic acid groups (broad SMARTS) is 1. The molecule has 0 unspecified atom stereocenters. The molecule has 0 spiro atoms. The minimum absolute atomic E-state index is 0.00628. The summed E-state index contributed by atoms with van der Waals surface area (Å²) in [5.74, 6) is -0.706. The minimum atomic E-state index is -1.10. The van der Waals surface area contributed by atoms with Crippen molar-refractivity contribution in [3.8, 4) is 0 Å². The van der Waals surface area contributed by atoms with Gasteiger partial charge in [0.1, 0.15) is 5.82 Å². The van der Waals surface area contributed by atoms with Crippen molar-refractivity contribution >= 4 is 23.4 Å². The van der Waals surface area contributed by atoms with E-state index in [9.17, 15) is 9.90 Å². The maximum Gasteiger partial charge on any atom is 0.337 e. The molecule has 100 valence electrons. The number of anilines is 1. The summed E-state index contributed by atoms with van der Waals surface area (Å²) in [6, 6.07) is 1.38. The van der Waals surface area contributed by atoms with E-state index in [0.717, 1.165) is 0 Å². The Bertz CT molecular complexity index is 425. The van der Waals surface area contributed by atoms with Gasteiger partial charge in [0.15, 0.2) is 0 Å². The van der Waals surface area contributed by atoms with E-state index in [0.29, 0.717) is 18.7 Å². The van der Waals surface area contributed by atoms with Crippen LogP contribution in [0.4, 0.5) is 5.82 Å². The molecule has 0 saturated heterocycles. The van der Waals surface area contributed by atoms with Gasteiger partial charge >= 0.3 is 5.97 Å². The van der Waals surface area contributed by atoms with Gasteiger partial charge in [-0.1, -0.05) is 25.4 Å². The van der Waals surface area contributed by atoms with E-state index in [2.05, 4.69) is 10.3 Å². The number of hydrogen-bond acceptors (Lipinski definition) is 4. The van der Waals surface area contributed by atoms with Gasteiger partial charge < -0.3 is 15.5 Å². The number of nitrogens with zero attached hydrogens (tertiary/aromatic N) is 1. The van der Waals surface area contributed by atoms with Gasteiger partial charge in [-0.3, -0.25) is 0 Å². The van der Waals surface area contributed by atoms with Crippen LogP contribution in [0.1, 0.15) is 37.0 Å². The molecule has 0 atom stereocenters. The molecule has 0 bridgehead atoms. The first kappa shape index (κ1) is 14.7. The molecule has 6 heteroatoms. The highest BCUT2D eigenvalue weighted by molar-refractivity contribution is 6.33. The molecule has 0 radical (unpaired) electrons. The summed E-state index contributed by atoms with van der Waals surface area (Å²) in [7, 11) is 0. The number of aromatic nitrogens is 1. The van der Waals surface area contributed by atoms with Crippen molar-refractivity contribution in [1.82, 2.24) is 4.98 Å². The molecule has 0 saturated carbocycles. The summed E-state index contributed by atoms with van der Waals surface area (Å²) in [6.07, 6.45) is 2.69. The van der Waals surface area contributed by atoms with E-state index in [1.807, 2.05) is 13.8 Å². The average Bonchev–Trinajstić information content (AvgIpc) is 2.38. The van der Waals surface area contributed by atoms with Crippen LogP contribution in [0.3, 0.4) is 0 Å². The quantitative estimate of drug-likeness (QED) is 0.741. The zero-order valence-electron chi connectivity index (χ0n) is 10.4. The smallest absolute Gasteiger partial charge is 0.337 e. The van der Waals surface area contributed by atoms with Gasteiger partial charge in [0.05, 0.1) is 22.7 Å². The fourth-order valence-electron chi connectivity index (χ4n) is 1.63. The van der Waals surface area contributed by atoms with E-state index in [4.69, 9.17) is 16.7 Å². The Morgan fingerprint density at radius 1 is 1.50 bits per heavy atom. The van der Waals surface area contributed by atoms with Gasteiger partial charge in [0.25, 0.3) is 0 Å². The topological polar surface area (TPSA) is 82.5 Å². The van der Waals surface area contributed by atoms with Crippen LogP contribution in [0.5, 0.6) is 0 Å². The first-order valence-corrected chi connectivity index (χ1v) is 6.13. The SMILES string of the molecule is CCC(CC)(CO)Nc1cc(C(=O)O)c(Cl)cn1. The number of rotatable bonds is 6. The van der Waals surface area contributed by atoms with Crippen molar-refractivity contribution in [1.29, 1.82) is 0 Å². The molecule has 0 aliphatic heterocycles. The lowest BCUT2D eigenvalue weighted by Crippen LogP contribution is -2.41. The van der Waals surface area contributed by atoms with Crippen molar-refractivity contribution in [3.63, 3.8) is 0 Å². The molecule has 0 aromatic carbocycles. The van der Waals surface area contributed by atoms with Crippen LogP contribution in [0, 0.1) is 0 Å². The molecule has 5 nitrogen and oxygen atoms in total. The molecule has 0 aliphatic rings. The zero-order chi connectivity index (χ0) is 13.8. The molecular weight excluding hydrogens is 256 g/mol. The van der Waals surface area contributed by atoms with E-state index in [-0.39, 0.29) is 17.2 Å². The van der Waals surface area contributed by atoms with Crippen LogP contribution in [-0.2, 0) is 0 Å². The summed E-state index contributed by atoms with van der Waals surface area (Å²) >= 11 is 5.74. The lowest BCUT2D eigenvalue weighted by molar-refractivity contribution is 0.0697. The van der Waals surface area contributed by atoms with Crippen molar-refractivity contribution in [2.24, 2.45) is 0 Å². The molecule has 1 aromatic rings. The fraction of sp³-hybridized carbons (Fsp3) is 0.500. The lowest BCUT2D eigenvalue weighted by Gasteiger charge is -2.31. The Kier molecular flexibility index (Phi) is 4.93. The number of pyridine rings is 1. The maximum atomic E-state index is 11.0. The first-order chi connectivity index (χ1) is 8.48. The Hall–Kier alpha value is -1.33. The van der Waals surface area contributed by atoms with Gasteiger partial charge in [-0.05, 0) is 18.9 Å². The summed E-state index contributed by atoms with van der Waals surface area (Å²) in [6.45, 7) is 3.84. The number of halogens is 1. The fourth-order valence-corrected chi connectivity index (χ4v) is 1.82. The normalized spacial score (nSPS) is 11.3. The Morgan fingerprint density at radius 2 is 2.11 bits per heavy atom. The summed E-state index contributed by atoms with van der Waals surface area (Å²) < 4.78 is 0. The van der Waals surface area contributed by atoms with Gasteiger partial charge in [-0.25, -0.2) is 9.78 Å². The zero-order valence-corrected chi connectivity index (χ0v) is 11.2. The number of carbonyl (C=O) groups is 1. The molecule has 18 heavy (non-hydrogen) atoms. The molecule has 1 aromatic heterocycles. The highest BCUT2D eigenvalue weighted by Crippen LogP contribution is 2.23. The molecule has 0 aliphatic carbocycles. The van der Waals surface area contributed by atoms with Gasteiger partial charge in [-0.2, -0.15) is 0 Å². The standard InChI is InChI=1S/C12H17ClN2O3/c1-3-12(4-2,7-16)15-10-5-8(11(17)18)9(13)6-14-10/h5-6,16H,3-4,7H2,1-2H3,(H,14,15)(H,17,18). The Labute approximate surface area is 111 Å². The van der Waals surface area contributed by atoms with E-state index >= 15 is 0 Å². The predicted octanol–water partition coefficient (Wildman–Crippen LogP) is 2.40. The molecule has 0 fully saturated rings. The van der Waals surface area contributed by atoms with Crippen LogP contribution in [0.2, 0.25) is 5.02 Å². The summed E-state index contributed by atoms with van der Waals surface area (Å²) in [5, 5.41) is 21.6. The monoisotopic (exact) mass is 272 g/mol. The maximum absolute atomic E-state index is 11.0. The van der Waals surface area contributed by atoms with Crippen molar-refractivity contribution in [2.45, 2.75) is 32.2 Å². The van der Waals surface area contributed by atoms with Crippen LogP contribution in [0.25, 0.3) is 0 Å². The Morgan fingerprint density at radius 3 is 2.56 bits per heavy atom. The number of aliphatic hydroxyl groups excluding tert-OH is 1. The third-order valence-corrected chi connectivity index (χ3v) is 3.44. The number of aromatic carboxylic acids is 1. The first-order valence-electron chi connectivity index (χ1n) is 5.76. The highest BCUT2D eigenvalue weighted by atomic mass is 35.5. The van der Waals surface area contributed by atoms with Crippen LogP contribution in [-0.4, -0.2) is 33.3 Å². The largest absolute Gasteiger partial charge is 0.478 e. The third kappa shape index (κ3) is 3.11. The third-order valence-electron chi connectivity index (χ3n) is 3.14. The van der Waals surface area contributed by atoms with E-state index in [1.165, 1.54) is 12.3 Å². The van der Waals surface area contributed by atoms with Crippen LogP contribution < -0.4 is 5.32 Å². The van der Waals surface area contributed by atoms with Crippen molar-refractivity contribution < 1.29 is 15.0 Å². The molecule has 1 rings (SSSR count). The van der Waals surface area contributed by atoms with Gasteiger partial charge in [0, 0.05) is 6.20 Å². The Balaban J connectivity index is 3.04. The van der Waals surface area contributed by atoms with Crippen molar-refractivity contribution in [3.05, 3.63) is 22.8 Å². The summed E-state index contributed by atoms with van der Waals surface area (Å²) in [4.78, 5) is 15.0. The van der Waals surface area contributed by atoms with Crippen LogP contribution in [0.15, 0.2) is 12.3 Å². The second-order valence-electron chi connectivity index (χ2n) is 4.13. The number of aliphatic hydroxyl groups is 1. The van der Waals surface area contributed by atoms with Crippen LogP contribution >= 0.6 is 11.6 Å². The van der Waals surface area contributed by atoms with Gasteiger partial charge in [0.2, 0.25) is 0 Å². The summed E-state index contributed by atoms with van der Waals surface area (Å²) in [5.41, 5.74) is -0.496. The minimum Gasteiger partial charge on any atom is -0.478 e.